The molecule has 2 amide bonds. The van der Waals surface area contributed by atoms with E-state index in [2.05, 4.69) is 15.7 Å². The Balaban J connectivity index is 1.20. The van der Waals surface area contributed by atoms with Crippen LogP contribution in [0, 0.1) is 5.92 Å². The number of nitrogens with one attached hydrogen (secondary N) is 3. The van der Waals surface area contributed by atoms with Gasteiger partial charge in [-0.3, -0.25) is 15.0 Å². The number of halogens is 6. The van der Waals surface area contributed by atoms with Crippen molar-refractivity contribution in [2.75, 3.05) is 44.2 Å². The first-order valence-corrected chi connectivity index (χ1v) is 12.0. The SMILES string of the molecule is O=C1NNCC(NC[C@H]2CC[C@@H](CC(=O)N3CCN(c4ccc(C(F)(F)F)cn4)CC3)O2)C1C(F)(F)F. The normalized spacial score (nSPS) is 27.4. The van der Waals surface area contributed by atoms with E-state index in [1.165, 1.54) is 6.07 Å². The molecule has 0 aliphatic carbocycles. The molecule has 4 rings (SSSR count). The Kier molecular flexibility index (Phi) is 8.14. The lowest BCUT2D eigenvalue weighted by Crippen LogP contribution is -2.64. The maximum Gasteiger partial charge on any atom is 0.417 e. The minimum absolute atomic E-state index is 0.0848. The van der Waals surface area contributed by atoms with Crippen molar-refractivity contribution in [3.63, 3.8) is 0 Å². The van der Waals surface area contributed by atoms with Crippen molar-refractivity contribution in [3.8, 4) is 0 Å². The Labute approximate surface area is 208 Å². The average Bonchev–Trinajstić information content (AvgIpc) is 3.28. The van der Waals surface area contributed by atoms with Crippen molar-refractivity contribution >= 4 is 17.6 Å². The molecule has 3 N–H and O–H groups in total. The van der Waals surface area contributed by atoms with Crippen molar-refractivity contribution < 1.29 is 40.7 Å². The zero-order valence-electron chi connectivity index (χ0n) is 19.7. The lowest BCUT2D eigenvalue weighted by molar-refractivity contribution is -0.193. The summed E-state index contributed by atoms with van der Waals surface area (Å²) in [7, 11) is 0. The number of pyridine rings is 1. The largest absolute Gasteiger partial charge is 0.417 e. The summed E-state index contributed by atoms with van der Waals surface area (Å²) in [4.78, 5) is 31.8. The number of hydrazine groups is 1. The quantitative estimate of drug-likeness (QED) is 0.472. The Bertz CT molecular complexity index is 952. The molecule has 15 heteroatoms. The number of ether oxygens (including phenoxy) is 1. The fourth-order valence-corrected chi connectivity index (χ4v) is 4.81. The number of anilines is 1. The third-order valence-corrected chi connectivity index (χ3v) is 6.81. The van der Waals surface area contributed by atoms with Crippen molar-refractivity contribution in [2.24, 2.45) is 5.92 Å². The molecule has 206 valence electrons. The van der Waals surface area contributed by atoms with Crippen molar-refractivity contribution in [3.05, 3.63) is 23.9 Å². The minimum Gasteiger partial charge on any atom is -0.373 e. The summed E-state index contributed by atoms with van der Waals surface area (Å²) in [6, 6.07) is 1.16. The minimum atomic E-state index is -4.68. The first-order valence-electron chi connectivity index (χ1n) is 12.0. The maximum atomic E-state index is 13.3. The van der Waals surface area contributed by atoms with Crippen LogP contribution >= 0.6 is 0 Å². The monoisotopic (exact) mass is 538 g/mol. The zero-order valence-corrected chi connectivity index (χ0v) is 19.7. The number of carbonyl (C=O) groups excluding carboxylic acids is 2. The third kappa shape index (κ3) is 6.82. The predicted molar refractivity (Wildman–Crippen MR) is 118 cm³/mol. The van der Waals surface area contributed by atoms with Gasteiger partial charge in [-0.15, -0.1) is 0 Å². The highest BCUT2D eigenvalue weighted by Crippen LogP contribution is 2.31. The van der Waals surface area contributed by atoms with E-state index in [0.29, 0.717) is 44.8 Å². The van der Waals surface area contributed by atoms with E-state index in [1.54, 1.807) is 4.90 Å². The topological polar surface area (TPSA) is 98.8 Å². The van der Waals surface area contributed by atoms with Crippen LogP contribution in [0.1, 0.15) is 24.8 Å². The lowest BCUT2D eigenvalue weighted by Gasteiger charge is -2.36. The number of carbonyl (C=O) groups is 2. The highest BCUT2D eigenvalue weighted by molar-refractivity contribution is 5.80. The van der Waals surface area contributed by atoms with Crippen LogP contribution in [0.2, 0.25) is 0 Å². The second-order valence-electron chi connectivity index (χ2n) is 9.34. The highest BCUT2D eigenvalue weighted by Gasteiger charge is 2.51. The average molecular weight is 538 g/mol. The molecule has 9 nitrogen and oxygen atoms in total. The van der Waals surface area contributed by atoms with Crippen LogP contribution in [-0.2, 0) is 20.5 Å². The summed E-state index contributed by atoms with van der Waals surface area (Å²) in [6.07, 6.45) is -7.79. The first kappa shape index (κ1) is 27.4. The van der Waals surface area contributed by atoms with Crippen LogP contribution in [0.4, 0.5) is 32.2 Å². The Morgan fingerprint density at radius 3 is 2.41 bits per heavy atom. The molecule has 0 radical (unpaired) electrons. The fraction of sp³-hybridized carbons (Fsp3) is 0.682. The Hall–Kier alpha value is -2.65. The van der Waals surface area contributed by atoms with Gasteiger partial charge in [-0.25, -0.2) is 10.4 Å². The van der Waals surface area contributed by atoms with Crippen LogP contribution in [0.5, 0.6) is 0 Å². The number of alkyl halides is 6. The Morgan fingerprint density at radius 2 is 1.78 bits per heavy atom. The number of hydrogen-bond donors (Lipinski definition) is 3. The van der Waals surface area contributed by atoms with Crippen molar-refractivity contribution in [2.45, 2.75) is 49.9 Å². The van der Waals surface area contributed by atoms with E-state index in [4.69, 9.17) is 4.74 Å². The molecule has 1 aromatic heterocycles. The molecule has 3 aliphatic heterocycles. The second kappa shape index (κ2) is 11.0. The van der Waals surface area contributed by atoms with Crippen LogP contribution in [0.3, 0.4) is 0 Å². The molecule has 37 heavy (non-hydrogen) atoms. The van der Waals surface area contributed by atoms with Crippen LogP contribution < -0.4 is 21.1 Å². The molecule has 4 heterocycles. The molecule has 3 fully saturated rings. The van der Waals surface area contributed by atoms with Crippen LogP contribution in [0.15, 0.2) is 18.3 Å². The molecular weight excluding hydrogens is 510 g/mol. The van der Waals surface area contributed by atoms with Crippen molar-refractivity contribution in [1.82, 2.24) is 26.1 Å². The van der Waals surface area contributed by atoms with Gasteiger partial charge in [0.25, 0.3) is 0 Å². The van der Waals surface area contributed by atoms with Gasteiger partial charge < -0.3 is 19.9 Å². The molecule has 4 atom stereocenters. The van der Waals surface area contributed by atoms with Crippen LogP contribution in [0.25, 0.3) is 0 Å². The van der Waals surface area contributed by atoms with Gasteiger partial charge in [0.1, 0.15) is 5.82 Å². The standard InChI is InChI=1S/C22H28F6N6O3/c23-21(24,25)13-1-4-17(30-10-13)33-5-7-34(8-6-33)18(35)9-14-2-3-15(37-14)11-29-16-12-31-32-20(36)19(16)22(26,27)28/h1,4,10,14-16,19,29,31H,2-3,5-9,11-12H2,(H,32,36)/t14-,15+,16?,19?/m0/s1. The van der Waals surface area contributed by atoms with Gasteiger partial charge in [0, 0.05) is 51.5 Å². The highest BCUT2D eigenvalue weighted by atomic mass is 19.4. The molecule has 2 unspecified atom stereocenters. The molecular formula is C22H28F6N6O3. The summed E-state index contributed by atoms with van der Waals surface area (Å²) in [6.45, 7) is 1.65. The molecule has 0 saturated carbocycles. The van der Waals surface area contributed by atoms with Crippen molar-refractivity contribution in [1.29, 1.82) is 0 Å². The van der Waals surface area contributed by atoms with E-state index in [-0.39, 0.29) is 37.6 Å². The van der Waals surface area contributed by atoms with E-state index < -0.39 is 35.8 Å². The van der Waals surface area contributed by atoms with Gasteiger partial charge in [-0.1, -0.05) is 0 Å². The summed E-state index contributed by atoms with van der Waals surface area (Å²) < 4.78 is 83.8. The molecule has 0 aromatic carbocycles. The molecule has 0 bridgehead atoms. The van der Waals surface area contributed by atoms with E-state index in [1.807, 2.05) is 10.3 Å². The van der Waals surface area contributed by atoms with Gasteiger partial charge in [0.05, 0.1) is 24.2 Å². The molecule has 0 spiro atoms. The van der Waals surface area contributed by atoms with E-state index >= 15 is 0 Å². The number of hydrogen-bond acceptors (Lipinski definition) is 7. The summed E-state index contributed by atoms with van der Waals surface area (Å²) in [5.74, 6) is -3.01. The van der Waals surface area contributed by atoms with Gasteiger partial charge in [-0.2, -0.15) is 26.3 Å². The van der Waals surface area contributed by atoms with Gasteiger partial charge in [0.15, 0.2) is 5.92 Å². The molecule has 3 aliphatic rings. The summed E-state index contributed by atoms with van der Waals surface area (Å²) in [5, 5.41) is 2.78. The van der Waals surface area contributed by atoms with E-state index in [0.717, 1.165) is 12.3 Å². The maximum absolute atomic E-state index is 13.3. The number of rotatable bonds is 6. The molecule has 1 aromatic rings. The number of amides is 2. The first-order chi connectivity index (χ1) is 17.4. The Morgan fingerprint density at radius 1 is 1.08 bits per heavy atom. The zero-order chi connectivity index (χ0) is 26.8. The lowest BCUT2D eigenvalue weighted by atomic mass is 9.96. The number of aromatic nitrogens is 1. The number of piperazine rings is 1. The van der Waals surface area contributed by atoms with Gasteiger partial charge >= 0.3 is 12.4 Å². The summed E-state index contributed by atoms with van der Waals surface area (Å²) >= 11 is 0. The van der Waals surface area contributed by atoms with E-state index in [9.17, 15) is 35.9 Å². The second-order valence-corrected chi connectivity index (χ2v) is 9.34. The van der Waals surface area contributed by atoms with Gasteiger partial charge in [-0.05, 0) is 25.0 Å². The molecule has 3 saturated heterocycles. The summed E-state index contributed by atoms with van der Waals surface area (Å²) in [5.41, 5.74) is 3.63. The van der Waals surface area contributed by atoms with Gasteiger partial charge in [0.2, 0.25) is 11.8 Å². The fourth-order valence-electron chi connectivity index (χ4n) is 4.81. The van der Waals surface area contributed by atoms with Crippen LogP contribution in [-0.4, -0.2) is 85.4 Å². The smallest absolute Gasteiger partial charge is 0.373 e. The third-order valence-electron chi connectivity index (χ3n) is 6.81. The predicted octanol–water partition coefficient (Wildman–Crippen LogP) is 1.46. The number of nitrogens with zero attached hydrogens (tertiary/aromatic N) is 3.